The Balaban J connectivity index is 0. The fourth-order valence-corrected chi connectivity index (χ4v) is 0.784. The van der Waals surface area contributed by atoms with Crippen LogP contribution in [0.4, 0.5) is 0 Å². The number of hydrogen-bond acceptors (Lipinski definition) is 0. The highest BCUT2D eigenvalue weighted by molar-refractivity contribution is 6.18. The van der Waals surface area contributed by atoms with E-state index in [0.29, 0.717) is 0 Å². The summed E-state index contributed by atoms with van der Waals surface area (Å²) in [4.78, 5) is 0. The van der Waals surface area contributed by atoms with Crippen molar-refractivity contribution in [1.82, 2.24) is 0 Å². The third-order valence-electron chi connectivity index (χ3n) is 1.31. The van der Waals surface area contributed by atoms with Crippen molar-refractivity contribution >= 4 is 34.7 Å². The van der Waals surface area contributed by atoms with E-state index in [1.54, 1.807) is 0 Å². The van der Waals surface area contributed by atoms with Crippen LogP contribution in [0.1, 0.15) is 33.1 Å². The number of hydrogen-bond donors (Lipinski definition) is 0. The summed E-state index contributed by atoms with van der Waals surface area (Å²) in [5, 5.41) is 0. The van der Waals surface area contributed by atoms with Crippen LogP contribution in [0.2, 0.25) is 0 Å². The largest absolute Gasteiger partial charge is 0.316 e. The van der Waals surface area contributed by atoms with Crippen LogP contribution in [-0.4, -0.2) is 28.9 Å². The van der Waals surface area contributed by atoms with E-state index in [2.05, 4.69) is 13.8 Å². The standard InChI is InChI=1S/C7H15Cl.Mg.2H/c1-3-4-5-7(2)6-8;;;/h7H,3-6H2,1-2H3;;;. The molecule has 0 bridgehead atoms. The van der Waals surface area contributed by atoms with Gasteiger partial charge in [-0.1, -0.05) is 26.7 Å². The van der Waals surface area contributed by atoms with Crippen molar-refractivity contribution in [2.24, 2.45) is 5.92 Å². The SMILES string of the molecule is CCCCC(C)CCl.[MgH2]. The summed E-state index contributed by atoms with van der Waals surface area (Å²) in [6.07, 6.45) is 3.91. The van der Waals surface area contributed by atoms with Crippen LogP contribution in [0.25, 0.3) is 0 Å². The van der Waals surface area contributed by atoms with Crippen molar-refractivity contribution < 1.29 is 0 Å². The topological polar surface area (TPSA) is 0 Å². The minimum atomic E-state index is 0. The monoisotopic (exact) mass is 160 g/mol. The van der Waals surface area contributed by atoms with Crippen molar-refractivity contribution in [2.45, 2.75) is 33.1 Å². The summed E-state index contributed by atoms with van der Waals surface area (Å²) < 4.78 is 0. The van der Waals surface area contributed by atoms with Crippen LogP contribution in [-0.2, 0) is 0 Å². The van der Waals surface area contributed by atoms with Gasteiger partial charge in [0.25, 0.3) is 0 Å². The zero-order valence-electron chi connectivity index (χ0n) is 5.78. The lowest BCUT2D eigenvalue weighted by Crippen LogP contribution is -1.94. The van der Waals surface area contributed by atoms with E-state index in [-0.39, 0.29) is 23.1 Å². The molecular weight excluding hydrogens is 144 g/mol. The summed E-state index contributed by atoms with van der Waals surface area (Å²) in [6.45, 7) is 4.41. The van der Waals surface area contributed by atoms with Crippen molar-refractivity contribution in [3.8, 4) is 0 Å². The van der Waals surface area contributed by atoms with Gasteiger partial charge in [-0.25, -0.2) is 0 Å². The molecule has 0 spiro atoms. The van der Waals surface area contributed by atoms with Gasteiger partial charge in [-0.2, -0.15) is 0 Å². The smallest absolute Gasteiger partial charge is 0.126 e. The van der Waals surface area contributed by atoms with E-state index in [1.807, 2.05) is 0 Å². The first-order valence-electron chi connectivity index (χ1n) is 3.37. The Morgan fingerprint density at radius 1 is 1.44 bits per heavy atom. The van der Waals surface area contributed by atoms with Gasteiger partial charge in [0, 0.05) is 5.88 Å². The maximum atomic E-state index is 5.59. The summed E-state index contributed by atoms with van der Waals surface area (Å²) in [6, 6.07) is 0. The second-order valence-corrected chi connectivity index (χ2v) is 2.71. The Morgan fingerprint density at radius 3 is 2.33 bits per heavy atom. The summed E-state index contributed by atoms with van der Waals surface area (Å²) in [5.41, 5.74) is 0. The number of rotatable bonds is 4. The molecule has 54 valence electrons. The molecule has 0 aliphatic heterocycles. The average molecular weight is 161 g/mol. The van der Waals surface area contributed by atoms with Crippen molar-refractivity contribution in [3.63, 3.8) is 0 Å². The Labute approximate surface area is 79.5 Å². The molecule has 0 radical (unpaired) electrons. The minimum Gasteiger partial charge on any atom is -0.126 e. The number of alkyl halides is 1. The maximum absolute atomic E-state index is 5.59. The molecule has 0 fully saturated rings. The van der Waals surface area contributed by atoms with E-state index in [4.69, 9.17) is 11.6 Å². The minimum absolute atomic E-state index is 0. The molecular formula is C7H17ClMg. The van der Waals surface area contributed by atoms with Gasteiger partial charge in [-0.05, 0) is 12.3 Å². The zero-order valence-corrected chi connectivity index (χ0v) is 6.54. The molecule has 0 heterocycles. The Bertz CT molecular complexity index is 48.2. The zero-order chi connectivity index (χ0) is 6.41. The number of unbranched alkanes of at least 4 members (excludes halogenated alkanes) is 1. The van der Waals surface area contributed by atoms with Gasteiger partial charge in [0.2, 0.25) is 0 Å². The lowest BCUT2D eigenvalue weighted by molar-refractivity contribution is 0.555. The van der Waals surface area contributed by atoms with E-state index in [1.165, 1.54) is 19.3 Å². The molecule has 0 aromatic carbocycles. The molecule has 2 heteroatoms. The lowest BCUT2D eigenvalue weighted by Gasteiger charge is -2.03. The van der Waals surface area contributed by atoms with Crippen LogP contribution < -0.4 is 0 Å². The molecule has 0 nitrogen and oxygen atoms in total. The summed E-state index contributed by atoms with van der Waals surface area (Å²) in [5.74, 6) is 1.54. The fourth-order valence-electron chi connectivity index (χ4n) is 0.630. The summed E-state index contributed by atoms with van der Waals surface area (Å²) >= 11 is 5.59. The lowest BCUT2D eigenvalue weighted by atomic mass is 10.1. The van der Waals surface area contributed by atoms with Gasteiger partial charge in [-0.15, -0.1) is 11.6 Å². The van der Waals surface area contributed by atoms with Gasteiger partial charge < -0.3 is 0 Å². The first kappa shape index (κ1) is 12.7. The van der Waals surface area contributed by atoms with E-state index in [0.717, 1.165) is 11.8 Å². The van der Waals surface area contributed by atoms with Gasteiger partial charge in [0.05, 0.1) is 0 Å². The van der Waals surface area contributed by atoms with Crippen molar-refractivity contribution in [3.05, 3.63) is 0 Å². The Hall–Kier alpha value is 1.06. The molecule has 0 amide bonds. The predicted octanol–water partition coefficient (Wildman–Crippen LogP) is 2.14. The van der Waals surface area contributed by atoms with Crippen LogP contribution in [0.15, 0.2) is 0 Å². The number of halogens is 1. The van der Waals surface area contributed by atoms with Crippen molar-refractivity contribution in [2.75, 3.05) is 5.88 Å². The van der Waals surface area contributed by atoms with Crippen LogP contribution in [0.5, 0.6) is 0 Å². The average Bonchev–Trinajstić information content (AvgIpc) is 1.83. The van der Waals surface area contributed by atoms with E-state index < -0.39 is 0 Å². The Kier molecular flexibility index (Phi) is 12.8. The summed E-state index contributed by atoms with van der Waals surface area (Å²) in [7, 11) is 0. The third-order valence-corrected chi connectivity index (χ3v) is 1.84. The fraction of sp³-hybridized carbons (Fsp3) is 1.00. The first-order valence-corrected chi connectivity index (χ1v) is 3.90. The van der Waals surface area contributed by atoms with Crippen LogP contribution in [0.3, 0.4) is 0 Å². The van der Waals surface area contributed by atoms with Gasteiger partial charge in [0.15, 0.2) is 0 Å². The quantitative estimate of drug-likeness (QED) is 0.437. The highest BCUT2D eigenvalue weighted by Gasteiger charge is 1.96. The Morgan fingerprint density at radius 2 is 2.00 bits per heavy atom. The van der Waals surface area contributed by atoms with E-state index in [9.17, 15) is 0 Å². The maximum Gasteiger partial charge on any atom is 0.316 e. The predicted molar refractivity (Wildman–Crippen MR) is 48.0 cm³/mol. The highest BCUT2D eigenvalue weighted by Crippen LogP contribution is 2.07. The molecule has 0 saturated carbocycles. The molecule has 0 rings (SSSR count). The van der Waals surface area contributed by atoms with Crippen LogP contribution in [0, 0.1) is 5.92 Å². The molecule has 0 aliphatic carbocycles. The van der Waals surface area contributed by atoms with Gasteiger partial charge in [0.1, 0.15) is 0 Å². The van der Waals surface area contributed by atoms with Gasteiger partial charge in [-0.3, -0.25) is 0 Å². The molecule has 0 aliphatic rings. The molecule has 9 heavy (non-hydrogen) atoms. The third kappa shape index (κ3) is 9.06. The molecule has 0 aromatic heterocycles. The molecule has 0 N–H and O–H groups in total. The molecule has 1 unspecified atom stereocenters. The first-order chi connectivity index (χ1) is 3.81. The van der Waals surface area contributed by atoms with Gasteiger partial charge >= 0.3 is 23.1 Å². The molecule has 1 atom stereocenters. The van der Waals surface area contributed by atoms with Crippen LogP contribution >= 0.6 is 11.6 Å². The normalized spacial score (nSPS) is 12.3. The highest BCUT2D eigenvalue weighted by atomic mass is 35.5. The molecule has 0 saturated heterocycles. The second-order valence-electron chi connectivity index (χ2n) is 2.40. The molecule has 0 aromatic rings. The second kappa shape index (κ2) is 9.06. The van der Waals surface area contributed by atoms with Crippen molar-refractivity contribution in [1.29, 1.82) is 0 Å². The van der Waals surface area contributed by atoms with E-state index >= 15 is 0 Å².